The van der Waals surface area contributed by atoms with Crippen LogP contribution in [0, 0.1) is 6.92 Å². The Morgan fingerprint density at radius 3 is 2.48 bits per heavy atom. The van der Waals surface area contributed by atoms with Crippen LogP contribution < -0.4 is 0 Å². The van der Waals surface area contributed by atoms with Crippen molar-refractivity contribution < 1.29 is 13.2 Å². The van der Waals surface area contributed by atoms with Gasteiger partial charge in [0, 0.05) is 22.0 Å². The van der Waals surface area contributed by atoms with Crippen molar-refractivity contribution in [3.8, 4) is 0 Å². The minimum atomic E-state index is -3.56. The summed E-state index contributed by atoms with van der Waals surface area (Å²) in [5.41, 5.74) is 0.496. The Balaban J connectivity index is 2.45. The van der Waals surface area contributed by atoms with Crippen LogP contribution in [0.15, 0.2) is 26.0 Å². The molecule has 2 rings (SSSR count). The average Bonchev–Trinajstić information content (AvgIpc) is 2.31. The van der Waals surface area contributed by atoms with Crippen LogP contribution in [0.5, 0.6) is 0 Å². The summed E-state index contributed by atoms with van der Waals surface area (Å²) >= 11 is 6.77. The molecule has 4 nitrogen and oxygen atoms in total. The lowest BCUT2D eigenvalue weighted by Crippen LogP contribution is -2.53. The second-order valence-electron chi connectivity index (χ2n) is 6.02. The summed E-state index contributed by atoms with van der Waals surface area (Å²) in [5, 5.41) is 0. The monoisotopic (exact) mass is 439 g/mol. The van der Waals surface area contributed by atoms with Gasteiger partial charge in [-0.2, -0.15) is 4.31 Å². The number of ether oxygens (including phenoxy) is 1. The molecule has 7 heteroatoms. The lowest BCUT2D eigenvalue weighted by atomic mass is 10.1. The molecule has 0 spiro atoms. The standard InChI is InChI=1S/C14H19Br2NO3S/c1-9-5-12(16)13(6-11(9)15)21(18,19)17-7-10(2)20-14(3,4)8-17/h5-6,10H,7-8H2,1-4H3. The van der Waals surface area contributed by atoms with Crippen LogP contribution in [-0.4, -0.2) is 37.5 Å². The van der Waals surface area contributed by atoms with Crippen LogP contribution in [-0.2, 0) is 14.8 Å². The molecule has 0 bridgehead atoms. The minimum Gasteiger partial charge on any atom is -0.370 e. The zero-order valence-electron chi connectivity index (χ0n) is 12.5. The Morgan fingerprint density at radius 2 is 1.90 bits per heavy atom. The van der Waals surface area contributed by atoms with Crippen molar-refractivity contribution in [2.24, 2.45) is 0 Å². The number of benzene rings is 1. The van der Waals surface area contributed by atoms with Gasteiger partial charge in [0.2, 0.25) is 10.0 Å². The topological polar surface area (TPSA) is 46.6 Å². The Bertz CT molecular complexity index is 658. The molecule has 0 aromatic heterocycles. The van der Waals surface area contributed by atoms with Gasteiger partial charge in [-0.1, -0.05) is 15.9 Å². The molecular formula is C14H19Br2NO3S. The molecule has 1 aliphatic heterocycles. The van der Waals surface area contributed by atoms with E-state index < -0.39 is 15.6 Å². The summed E-state index contributed by atoms with van der Waals surface area (Å²) in [7, 11) is -3.56. The van der Waals surface area contributed by atoms with Gasteiger partial charge in [0.05, 0.1) is 16.6 Å². The van der Waals surface area contributed by atoms with E-state index >= 15 is 0 Å². The highest BCUT2D eigenvalue weighted by Crippen LogP contribution is 2.33. The van der Waals surface area contributed by atoms with Crippen molar-refractivity contribution in [3.05, 3.63) is 26.6 Å². The predicted molar refractivity (Wildman–Crippen MR) is 90.0 cm³/mol. The van der Waals surface area contributed by atoms with Crippen molar-refractivity contribution in [2.45, 2.75) is 44.3 Å². The first kappa shape index (κ1) is 17.4. The minimum absolute atomic E-state index is 0.129. The Hall–Kier alpha value is 0.0500. The summed E-state index contributed by atoms with van der Waals surface area (Å²) in [4.78, 5) is 0.282. The molecule has 0 aliphatic carbocycles. The normalized spacial score (nSPS) is 23.2. The van der Waals surface area contributed by atoms with Crippen molar-refractivity contribution in [1.82, 2.24) is 4.31 Å². The first-order chi connectivity index (χ1) is 9.53. The molecule has 1 fully saturated rings. The van der Waals surface area contributed by atoms with Crippen LogP contribution in [0.2, 0.25) is 0 Å². The van der Waals surface area contributed by atoms with Crippen LogP contribution >= 0.6 is 31.9 Å². The molecule has 0 N–H and O–H groups in total. The van der Waals surface area contributed by atoms with E-state index in [0.717, 1.165) is 10.0 Å². The fraction of sp³-hybridized carbons (Fsp3) is 0.571. The second kappa shape index (κ2) is 5.92. The van der Waals surface area contributed by atoms with Gasteiger partial charge in [-0.3, -0.25) is 0 Å². The van der Waals surface area contributed by atoms with Gasteiger partial charge in [-0.15, -0.1) is 0 Å². The van der Waals surface area contributed by atoms with Gasteiger partial charge in [0.1, 0.15) is 0 Å². The smallest absolute Gasteiger partial charge is 0.244 e. The number of sulfonamides is 1. The van der Waals surface area contributed by atoms with Gasteiger partial charge in [0.15, 0.2) is 0 Å². The quantitative estimate of drug-likeness (QED) is 0.704. The summed E-state index contributed by atoms with van der Waals surface area (Å²) < 4.78 is 34.5. The molecule has 21 heavy (non-hydrogen) atoms. The van der Waals surface area contributed by atoms with E-state index in [4.69, 9.17) is 4.74 Å². The second-order valence-corrected chi connectivity index (χ2v) is 9.63. The maximum atomic E-state index is 12.9. The summed E-state index contributed by atoms with van der Waals surface area (Å²) in [6.45, 7) is 8.34. The van der Waals surface area contributed by atoms with E-state index in [1.807, 2.05) is 33.8 Å². The van der Waals surface area contributed by atoms with Gasteiger partial charge >= 0.3 is 0 Å². The zero-order chi connectivity index (χ0) is 16.0. The average molecular weight is 441 g/mol. The third-order valence-corrected chi connectivity index (χ3v) is 6.99. The van der Waals surface area contributed by atoms with Crippen LogP contribution in [0.1, 0.15) is 26.3 Å². The highest BCUT2D eigenvalue weighted by Gasteiger charge is 2.38. The molecule has 1 heterocycles. The fourth-order valence-electron chi connectivity index (χ4n) is 2.54. The molecule has 1 unspecified atom stereocenters. The number of rotatable bonds is 2. The lowest BCUT2D eigenvalue weighted by molar-refractivity contribution is -0.109. The molecular weight excluding hydrogens is 422 g/mol. The molecule has 1 saturated heterocycles. The highest BCUT2D eigenvalue weighted by atomic mass is 79.9. The maximum Gasteiger partial charge on any atom is 0.244 e. The lowest BCUT2D eigenvalue weighted by Gasteiger charge is -2.41. The molecule has 1 aliphatic rings. The first-order valence-corrected chi connectivity index (χ1v) is 9.69. The van der Waals surface area contributed by atoms with E-state index in [1.54, 1.807) is 6.07 Å². The number of aryl methyl sites for hydroxylation is 1. The zero-order valence-corrected chi connectivity index (χ0v) is 16.5. The molecule has 1 aromatic carbocycles. The molecule has 0 saturated carbocycles. The number of halogens is 2. The SMILES string of the molecule is Cc1cc(Br)c(S(=O)(=O)N2CC(C)OC(C)(C)C2)cc1Br. The van der Waals surface area contributed by atoms with Crippen molar-refractivity contribution in [3.63, 3.8) is 0 Å². The van der Waals surface area contributed by atoms with Crippen molar-refractivity contribution in [1.29, 1.82) is 0 Å². The van der Waals surface area contributed by atoms with Gasteiger partial charge in [0.25, 0.3) is 0 Å². The molecule has 1 atom stereocenters. The van der Waals surface area contributed by atoms with E-state index in [2.05, 4.69) is 31.9 Å². The van der Waals surface area contributed by atoms with E-state index in [0.29, 0.717) is 17.6 Å². The largest absolute Gasteiger partial charge is 0.370 e. The van der Waals surface area contributed by atoms with Crippen LogP contribution in [0.3, 0.4) is 0 Å². The van der Waals surface area contributed by atoms with Crippen molar-refractivity contribution in [2.75, 3.05) is 13.1 Å². The Kier molecular flexibility index (Phi) is 4.91. The van der Waals surface area contributed by atoms with E-state index in [-0.39, 0.29) is 11.0 Å². The molecule has 1 aromatic rings. The molecule has 0 amide bonds. The summed E-state index contributed by atoms with van der Waals surface area (Å²) in [6, 6.07) is 3.47. The Morgan fingerprint density at radius 1 is 1.29 bits per heavy atom. The predicted octanol–water partition coefficient (Wildman–Crippen LogP) is 3.71. The number of nitrogens with zero attached hydrogens (tertiary/aromatic N) is 1. The summed E-state index contributed by atoms with van der Waals surface area (Å²) in [6.07, 6.45) is -0.129. The molecule has 0 radical (unpaired) electrons. The summed E-state index contributed by atoms with van der Waals surface area (Å²) in [5.74, 6) is 0. The third kappa shape index (κ3) is 3.69. The number of morpholine rings is 1. The van der Waals surface area contributed by atoms with E-state index in [9.17, 15) is 8.42 Å². The highest BCUT2D eigenvalue weighted by molar-refractivity contribution is 9.11. The maximum absolute atomic E-state index is 12.9. The van der Waals surface area contributed by atoms with Crippen molar-refractivity contribution >= 4 is 41.9 Å². The Labute approximate surface area is 143 Å². The van der Waals surface area contributed by atoms with Gasteiger partial charge < -0.3 is 4.74 Å². The first-order valence-electron chi connectivity index (χ1n) is 6.66. The number of hydrogen-bond acceptors (Lipinski definition) is 3. The number of hydrogen-bond donors (Lipinski definition) is 0. The molecule has 118 valence electrons. The van der Waals surface area contributed by atoms with Crippen LogP contribution in [0.25, 0.3) is 0 Å². The van der Waals surface area contributed by atoms with Gasteiger partial charge in [-0.05, 0) is 61.3 Å². The third-order valence-electron chi connectivity index (χ3n) is 3.37. The van der Waals surface area contributed by atoms with E-state index in [1.165, 1.54) is 4.31 Å². The van der Waals surface area contributed by atoms with Gasteiger partial charge in [-0.25, -0.2) is 8.42 Å². The van der Waals surface area contributed by atoms with Crippen LogP contribution in [0.4, 0.5) is 0 Å². The fourth-order valence-corrected chi connectivity index (χ4v) is 5.85.